The van der Waals surface area contributed by atoms with Crippen LogP contribution in [-0.2, 0) is 16.2 Å². The monoisotopic (exact) mass is 290 g/mol. The lowest BCUT2D eigenvalue weighted by Gasteiger charge is -2.20. The third-order valence-corrected chi connectivity index (χ3v) is 3.08. The lowest BCUT2D eigenvalue weighted by atomic mass is 10.2. The van der Waals surface area contributed by atoms with Gasteiger partial charge in [0.25, 0.3) is 5.56 Å². The van der Waals surface area contributed by atoms with E-state index in [-0.39, 0.29) is 24.7 Å². The molecule has 0 aliphatic heterocycles. The van der Waals surface area contributed by atoms with Crippen LogP contribution in [0.15, 0.2) is 29.1 Å². The summed E-state index contributed by atoms with van der Waals surface area (Å²) in [5.74, 6) is -0.342. The van der Waals surface area contributed by atoms with Crippen LogP contribution in [0.25, 0.3) is 10.9 Å². The lowest BCUT2D eigenvalue weighted by Crippen LogP contribution is -2.38. The van der Waals surface area contributed by atoms with Crippen LogP contribution in [0.2, 0.25) is 0 Å². The summed E-state index contributed by atoms with van der Waals surface area (Å²) in [6.45, 7) is 2.99. The van der Waals surface area contributed by atoms with E-state index in [1.54, 1.807) is 29.2 Å². The first-order valence-corrected chi connectivity index (χ1v) is 6.77. The van der Waals surface area contributed by atoms with Gasteiger partial charge in [0.05, 0.1) is 25.7 Å². The molecule has 0 N–H and O–H groups in total. The summed E-state index contributed by atoms with van der Waals surface area (Å²) in [6, 6.07) is 7.05. The number of methoxy groups -OCH3 is 1. The summed E-state index contributed by atoms with van der Waals surface area (Å²) in [5, 5.41) is 8.46. The number of rotatable bonds is 6. The summed E-state index contributed by atoms with van der Waals surface area (Å²) >= 11 is 0. The third kappa shape index (κ3) is 3.63. The fourth-order valence-electron chi connectivity index (χ4n) is 2.07. The largest absolute Gasteiger partial charge is 0.468 e. The second-order valence-corrected chi connectivity index (χ2v) is 4.68. The second kappa shape index (κ2) is 6.94. The molecular formula is C14H18N4O3. The van der Waals surface area contributed by atoms with Gasteiger partial charge in [-0.15, -0.1) is 5.10 Å². The molecule has 2 aromatic rings. The maximum absolute atomic E-state index is 12.3. The average molecular weight is 290 g/mol. The molecular weight excluding hydrogens is 272 g/mol. The number of aromatic nitrogens is 3. The van der Waals surface area contributed by atoms with Gasteiger partial charge in [-0.1, -0.05) is 24.3 Å². The van der Waals surface area contributed by atoms with E-state index < -0.39 is 0 Å². The summed E-state index contributed by atoms with van der Waals surface area (Å²) in [5.41, 5.74) is 0.348. The van der Waals surface area contributed by atoms with Crippen LogP contribution in [0, 0.1) is 0 Å². The lowest BCUT2D eigenvalue weighted by molar-refractivity contribution is -0.142. The van der Waals surface area contributed by atoms with Gasteiger partial charge in [-0.3, -0.25) is 14.5 Å². The van der Waals surface area contributed by atoms with Gasteiger partial charge in [0, 0.05) is 6.54 Å². The van der Waals surface area contributed by atoms with Crippen LogP contribution in [0.4, 0.5) is 0 Å². The zero-order valence-corrected chi connectivity index (χ0v) is 12.2. The Bertz CT molecular complexity index is 683. The van der Waals surface area contributed by atoms with Gasteiger partial charge in [0.2, 0.25) is 0 Å². The molecule has 0 aliphatic rings. The van der Waals surface area contributed by atoms with Crippen molar-refractivity contribution >= 4 is 16.9 Å². The minimum atomic E-state index is -0.342. The van der Waals surface area contributed by atoms with Crippen LogP contribution in [0.3, 0.4) is 0 Å². The maximum atomic E-state index is 12.3. The number of nitrogens with zero attached hydrogens (tertiary/aromatic N) is 4. The molecule has 0 radical (unpaired) electrons. The summed E-state index contributed by atoms with van der Waals surface area (Å²) in [6.07, 6.45) is 0.854. The predicted octanol–water partition coefficient (Wildman–Crippen LogP) is 0.634. The number of esters is 1. The molecule has 0 unspecified atom stereocenters. The first-order chi connectivity index (χ1) is 10.2. The van der Waals surface area contributed by atoms with Crippen LogP contribution < -0.4 is 5.56 Å². The molecule has 21 heavy (non-hydrogen) atoms. The molecule has 0 aliphatic carbocycles. The normalized spacial score (nSPS) is 11.0. The van der Waals surface area contributed by atoms with E-state index in [0.29, 0.717) is 17.4 Å². The Hall–Kier alpha value is -2.28. The highest BCUT2D eigenvalue weighted by molar-refractivity contribution is 5.76. The number of carbonyl (C=O) groups excluding carboxylic acids is 1. The number of hydrogen-bond donors (Lipinski definition) is 0. The fourth-order valence-corrected chi connectivity index (χ4v) is 2.07. The van der Waals surface area contributed by atoms with E-state index in [1.165, 1.54) is 11.8 Å². The number of fused-ring (bicyclic) bond motifs is 1. The molecule has 0 bridgehead atoms. The Kier molecular flexibility index (Phi) is 4.99. The molecule has 0 amide bonds. The minimum Gasteiger partial charge on any atom is -0.468 e. The van der Waals surface area contributed by atoms with E-state index in [0.717, 1.165) is 6.42 Å². The van der Waals surface area contributed by atoms with Crippen LogP contribution in [-0.4, -0.2) is 46.1 Å². The molecule has 0 spiro atoms. The second-order valence-electron chi connectivity index (χ2n) is 4.68. The van der Waals surface area contributed by atoms with Gasteiger partial charge < -0.3 is 4.74 Å². The van der Waals surface area contributed by atoms with Gasteiger partial charge in [0.1, 0.15) is 5.52 Å². The number of ether oxygens (including phenoxy) is 1. The quantitative estimate of drug-likeness (QED) is 0.726. The molecule has 0 fully saturated rings. The Labute approximate surface area is 122 Å². The summed E-state index contributed by atoms with van der Waals surface area (Å²) in [7, 11) is 1.34. The molecule has 1 aromatic heterocycles. The van der Waals surface area contributed by atoms with Gasteiger partial charge in [0.15, 0.2) is 0 Å². The number of benzene rings is 1. The van der Waals surface area contributed by atoms with E-state index in [2.05, 4.69) is 15.0 Å². The SMILES string of the molecule is CCCN(CC(=O)OC)Cn1nnc2ccccc2c1=O. The van der Waals surface area contributed by atoms with E-state index in [1.807, 2.05) is 6.92 Å². The van der Waals surface area contributed by atoms with Crippen LogP contribution in [0.1, 0.15) is 13.3 Å². The molecule has 7 heteroatoms. The van der Waals surface area contributed by atoms with Crippen molar-refractivity contribution in [1.82, 2.24) is 19.9 Å². The average Bonchev–Trinajstić information content (AvgIpc) is 2.50. The van der Waals surface area contributed by atoms with Gasteiger partial charge in [-0.2, -0.15) is 4.68 Å². The molecule has 7 nitrogen and oxygen atoms in total. The first-order valence-electron chi connectivity index (χ1n) is 6.77. The van der Waals surface area contributed by atoms with Gasteiger partial charge in [-0.05, 0) is 18.6 Å². The molecule has 0 saturated heterocycles. The zero-order chi connectivity index (χ0) is 15.2. The number of hydrogen-bond acceptors (Lipinski definition) is 6. The van der Waals surface area contributed by atoms with Crippen LogP contribution >= 0.6 is 0 Å². The highest BCUT2D eigenvalue weighted by Crippen LogP contribution is 2.04. The summed E-state index contributed by atoms with van der Waals surface area (Å²) in [4.78, 5) is 25.5. The van der Waals surface area contributed by atoms with Crippen molar-refractivity contribution in [3.8, 4) is 0 Å². The standard InChI is InChI=1S/C14H18N4O3/c1-3-8-17(9-13(19)21-2)10-18-14(20)11-6-4-5-7-12(11)15-16-18/h4-7H,3,8-10H2,1-2H3. The highest BCUT2D eigenvalue weighted by atomic mass is 16.5. The van der Waals surface area contributed by atoms with E-state index >= 15 is 0 Å². The zero-order valence-electron chi connectivity index (χ0n) is 12.2. The summed E-state index contributed by atoms with van der Waals surface area (Å²) < 4.78 is 5.93. The Balaban J connectivity index is 2.26. The Morgan fingerprint density at radius 2 is 2.14 bits per heavy atom. The Morgan fingerprint density at radius 1 is 1.38 bits per heavy atom. The van der Waals surface area contributed by atoms with E-state index in [4.69, 9.17) is 0 Å². The van der Waals surface area contributed by atoms with Crippen molar-refractivity contribution in [3.05, 3.63) is 34.6 Å². The van der Waals surface area contributed by atoms with Gasteiger partial charge >= 0.3 is 5.97 Å². The smallest absolute Gasteiger partial charge is 0.319 e. The molecule has 2 rings (SSSR count). The highest BCUT2D eigenvalue weighted by Gasteiger charge is 2.13. The topological polar surface area (TPSA) is 77.3 Å². The van der Waals surface area contributed by atoms with E-state index in [9.17, 15) is 9.59 Å². The molecule has 0 saturated carbocycles. The predicted molar refractivity (Wildman–Crippen MR) is 77.7 cm³/mol. The van der Waals surface area contributed by atoms with Crippen LogP contribution in [0.5, 0.6) is 0 Å². The Morgan fingerprint density at radius 3 is 2.86 bits per heavy atom. The fraction of sp³-hybridized carbons (Fsp3) is 0.429. The third-order valence-electron chi connectivity index (χ3n) is 3.08. The van der Waals surface area contributed by atoms with Crippen molar-refractivity contribution in [2.45, 2.75) is 20.0 Å². The molecule has 1 heterocycles. The first kappa shape index (κ1) is 15.1. The van der Waals surface area contributed by atoms with Crippen molar-refractivity contribution in [3.63, 3.8) is 0 Å². The van der Waals surface area contributed by atoms with Crippen molar-refractivity contribution < 1.29 is 9.53 Å². The molecule has 0 atom stereocenters. The number of carbonyl (C=O) groups is 1. The minimum absolute atomic E-state index is 0.116. The molecule has 1 aromatic carbocycles. The maximum Gasteiger partial charge on any atom is 0.319 e. The van der Waals surface area contributed by atoms with Gasteiger partial charge in [-0.25, -0.2) is 0 Å². The van der Waals surface area contributed by atoms with Crippen molar-refractivity contribution in [1.29, 1.82) is 0 Å². The molecule has 112 valence electrons. The van der Waals surface area contributed by atoms with Crippen molar-refractivity contribution in [2.24, 2.45) is 0 Å². The van der Waals surface area contributed by atoms with Crippen molar-refractivity contribution in [2.75, 3.05) is 20.2 Å².